The van der Waals surface area contributed by atoms with Crippen LogP contribution in [0.4, 0.5) is 17.3 Å². The first kappa shape index (κ1) is 22.7. The van der Waals surface area contributed by atoms with E-state index in [-0.39, 0.29) is 11.8 Å². The first-order valence-electron chi connectivity index (χ1n) is 12.4. The van der Waals surface area contributed by atoms with Crippen LogP contribution in [0.15, 0.2) is 79.4 Å². The molecular weight excluding hydrogens is 466 g/mol. The molecule has 3 aromatic heterocycles. The van der Waals surface area contributed by atoms with E-state index in [1.165, 1.54) is 0 Å². The highest BCUT2D eigenvalue weighted by atomic mass is 16.1. The third kappa shape index (κ3) is 5.13. The van der Waals surface area contributed by atoms with Crippen LogP contribution in [0, 0.1) is 5.92 Å². The second-order valence-corrected chi connectivity index (χ2v) is 9.10. The second kappa shape index (κ2) is 10.1. The van der Waals surface area contributed by atoms with Gasteiger partial charge in [-0.05, 0) is 61.4 Å². The number of aromatic amines is 1. The van der Waals surface area contributed by atoms with Gasteiger partial charge in [-0.2, -0.15) is 0 Å². The molecule has 1 saturated heterocycles. The van der Waals surface area contributed by atoms with Crippen molar-refractivity contribution in [1.29, 1.82) is 0 Å². The molecule has 0 radical (unpaired) electrons. The summed E-state index contributed by atoms with van der Waals surface area (Å²) in [6.45, 7) is 1.93. The summed E-state index contributed by atoms with van der Waals surface area (Å²) < 4.78 is 1.95. The number of fused-ring (bicyclic) bond motifs is 1. The predicted molar refractivity (Wildman–Crippen MR) is 142 cm³/mol. The molecule has 1 amide bonds. The van der Waals surface area contributed by atoms with E-state index in [0.29, 0.717) is 12.4 Å². The van der Waals surface area contributed by atoms with Gasteiger partial charge in [0.05, 0.1) is 23.9 Å². The predicted octanol–water partition coefficient (Wildman–Crippen LogP) is 3.82. The number of amides is 1. The molecule has 186 valence electrons. The fourth-order valence-electron chi connectivity index (χ4n) is 4.61. The van der Waals surface area contributed by atoms with Crippen LogP contribution in [0.25, 0.3) is 16.7 Å². The van der Waals surface area contributed by atoms with Gasteiger partial charge in [0.1, 0.15) is 5.82 Å². The van der Waals surface area contributed by atoms with Crippen LogP contribution in [0.1, 0.15) is 18.7 Å². The monoisotopic (exact) mass is 493 g/mol. The lowest BCUT2D eigenvalue weighted by atomic mass is 9.96. The van der Waals surface area contributed by atoms with E-state index in [4.69, 9.17) is 0 Å². The highest BCUT2D eigenvalue weighted by Crippen LogP contribution is 2.23. The Labute approximate surface area is 213 Å². The Morgan fingerprint density at radius 1 is 1.00 bits per heavy atom. The Bertz CT molecular complexity index is 1440. The second-order valence-electron chi connectivity index (χ2n) is 9.10. The summed E-state index contributed by atoms with van der Waals surface area (Å²) >= 11 is 0. The number of aromatic nitrogens is 6. The number of nitrogens with zero attached hydrogens (tertiary/aromatic N) is 6. The lowest BCUT2D eigenvalue weighted by Gasteiger charge is -2.31. The summed E-state index contributed by atoms with van der Waals surface area (Å²) in [5, 5.41) is 15.1. The molecule has 5 aromatic rings. The summed E-state index contributed by atoms with van der Waals surface area (Å²) in [5.74, 6) is 2.33. The molecule has 0 bridgehead atoms. The van der Waals surface area contributed by atoms with Crippen molar-refractivity contribution < 1.29 is 4.79 Å². The minimum atomic E-state index is -0.0141. The van der Waals surface area contributed by atoms with E-state index in [1.54, 1.807) is 12.5 Å². The highest BCUT2D eigenvalue weighted by molar-refractivity contribution is 5.79. The normalized spacial score (nSPS) is 14.1. The average molecular weight is 494 g/mol. The van der Waals surface area contributed by atoms with Crippen LogP contribution >= 0.6 is 0 Å². The van der Waals surface area contributed by atoms with Crippen molar-refractivity contribution in [2.75, 3.05) is 23.3 Å². The number of hydrogen-bond acceptors (Lipinski definition) is 7. The van der Waals surface area contributed by atoms with E-state index in [2.05, 4.69) is 40.7 Å². The number of rotatable bonds is 7. The Kier molecular flexibility index (Phi) is 6.20. The number of carbonyl (C=O) groups excluding carboxylic acids is 1. The number of H-pyrrole nitrogens is 1. The van der Waals surface area contributed by atoms with Crippen molar-refractivity contribution in [2.45, 2.75) is 19.4 Å². The fourth-order valence-corrected chi connectivity index (χ4v) is 4.61. The third-order valence-electron chi connectivity index (χ3n) is 6.65. The number of benzene rings is 2. The lowest BCUT2D eigenvalue weighted by molar-refractivity contribution is -0.125. The molecule has 0 spiro atoms. The Morgan fingerprint density at radius 3 is 2.57 bits per heavy atom. The van der Waals surface area contributed by atoms with Crippen LogP contribution in [-0.4, -0.2) is 48.7 Å². The zero-order valence-corrected chi connectivity index (χ0v) is 20.2. The van der Waals surface area contributed by atoms with Crippen LogP contribution in [-0.2, 0) is 11.3 Å². The van der Waals surface area contributed by atoms with Gasteiger partial charge in [-0.1, -0.05) is 12.1 Å². The number of para-hydroxylation sites is 2. The first-order valence-corrected chi connectivity index (χ1v) is 12.4. The largest absolute Gasteiger partial charge is 0.355 e. The van der Waals surface area contributed by atoms with E-state index < -0.39 is 0 Å². The van der Waals surface area contributed by atoms with Crippen molar-refractivity contribution in [3.05, 3.63) is 85.2 Å². The van der Waals surface area contributed by atoms with E-state index in [0.717, 1.165) is 60.0 Å². The van der Waals surface area contributed by atoms with Gasteiger partial charge in [0.15, 0.2) is 11.6 Å². The van der Waals surface area contributed by atoms with Gasteiger partial charge in [-0.3, -0.25) is 4.79 Å². The number of nitrogens with one attached hydrogen (secondary N) is 3. The zero-order chi connectivity index (χ0) is 25.0. The molecular formula is C27H27N9O. The summed E-state index contributed by atoms with van der Waals surface area (Å²) in [4.78, 5) is 26.8. The summed E-state index contributed by atoms with van der Waals surface area (Å²) in [5.41, 5.74) is 3.85. The lowest BCUT2D eigenvalue weighted by Crippen LogP contribution is -2.40. The quantitative estimate of drug-likeness (QED) is 0.316. The summed E-state index contributed by atoms with van der Waals surface area (Å²) in [7, 11) is 0. The molecule has 1 fully saturated rings. The maximum absolute atomic E-state index is 12.7. The molecule has 3 N–H and O–H groups in total. The number of piperidine rings is 1. The Morgan fingerprint density at radius 2 is 1.84 bits per heavy atom. The minimum Gasteiger partial charge on any atom is -0.355 e. The molecule has 10 heteroatoms. The molecule has 0 unspecified atom stereocenters. The van der Waals surface area contributed by atoms with Crippen molar-refractivity contribution >= 4 is 34.3 Å². The molecule has 2 aromatic carbocycles. The van der Waals surface area contributed by atoms with Crippen molar-refractivity contribution in [2.24, 2.45) is 5.92 Å². The molecule has 37 heavy (non-hydrogen) atoms. The molecule has 0 saturated carbocycles. The van der Waals surface area contributed by atoms with Crippen molar-refractivity contribution in [1.82, 2.24) is 35.0 Å². The van der Waals surface area contributed by atoms with Crippen molar-refractivity contribution in [3.63, 3.8) is 0 Å². The van der Waals surface area contributed by atoms with Crippen LogP contribution in [0.2, 0.25) is 0 Å². The molecule has 0 aliphatic carbocycles. The van der Waals surface area contributed by atoms with E-state index in [9.17, 15) is 4.79 Å². The third-order valence-corrected chi connectivity index (χ3v) is 6.65. The van der Waals surface area contributed by atoms with Gasteiger partial charge >= 0.3 is 0 Å². The molecule has 1 aliphatic heterocycles. The van der Waals surface area contributed by atoms with E-state index in [1.807, 2.05) is 71.4 Å². The van der Waals surface area contributed by atoms with Gasteiger partial charge in [0.2, 0.25) is 5.91 Å². The minimum absolute atomic E-state index is 0.0141. The zero-order valence-electron chi connectivity index (χ0n) is 20.2. The maximum Gasteiger partial charge on any atom is 0.223 e. The van der Waals surface area contributed by atoms with Crippen LogP contribution < -0.4 is 15.5 Å². The van der Waals surface area contributed by atoms with Gasteiger partial charge in [-0.15, -0.1) is 10.2 Å². The Balaban J connectivity index is 0.987. The fraction of sp³-hybridized carbons (Fsp3) is 0.222. The molecule has 0 atom stereocenters. The average Bonchev–Trinajstić information content (AvgIpc) is 3.63. The number of anilines is 3. The number of carbonyl (C=O) groups is 1. The summed E-state index contributed by atoms with van der Waals surface area (Å²) in [6.07, 6.45) is 6.98. The maximum atomic E-state index is 12.7. The smallest absolute Gasteiger partial charge is 0.223 e. The SMILES string of the molecule is O=C(NCc1nc2ccccc2[nH]1)C1CCN(c2ccc(Nc3ccc(-n4ccnc4)cc3)nn2)CC1. The van der Waals surface area contributed by atoms with Gasteiger partial charge < -0.3 is 25.1 Å². The summed E-state index contributed by atoms with van der Waals surface area (Å²) in [6, 6.07) is 19.8. The topological polar surface area (TPSA) is 117 Å². The van der Waals surface area contributed by atoms with Gasteiger partial charge in [0.25, 0.3) is 0 Å². The molecule has 1 aliphatic rings. The standard InChI is InChI=1S/C27H27N9O/c37-27(29-17-25-31-22-3-1-2-4-23(22)32-25)19-11-14-35(15-12-19)26-10-9-24(33-34-26)30-20-5-7-21(8-6-20)36-16-13-28-18-36/h1-10,13,16,18-19H,11-12,14-15,17H2,(H,29,37)(H,30,33)(H,31,32). The van der Waals surface area contributed by atoms with Gasteiger partial charge in [0, 0.05) is 42.8 Å². The van der Waals surface area contributed by atoms with Gasteiger partial charge in [-0.25, -0.2) is 9.97 Å². The molecule has 6 rings (SSSR count). The molecule has 10 nitrogen and oxygen atoms in total. The number of hydrogen-bond donors (Lipinski definition) is 3. The molecule has 4 heterocycles. The van der Waals surface area contributed by atoms with Crippen LogP contribution in [0.3, 0.4) is 0 Å². The number of imidazole rings is 2. The Hall–Kier alpha value is -4.73. The van der Waals surface area contributed by atoms with Crippen molar-refractivity contribution in [3.8, 4) is 5.69 Å². The van der Waals surface area contributed by atoms with E-state index >= 15 is 0 Å². The first-order chi connectivity index (χ1) is 18.2. The highest BCUT2D eigenvalue weighted by Gasteiger charge is 2.25. The van der Waals surface area contributed by atoms with Crippen LogP contribution in [0.5, 0.6) is 0 Å².